The van der Waals surface area contributed by atoms with Gasteiger partial charge in [0.15, 0.2) is 0 Å². The lowest BCUT2D eigenvalue weighted by Gasteiger charge is -2.30. The molecular weight excluding hydrogens is 286 g/mol. The monoisotopic (exact) mass is 313 g/mol. The zero-order chi connectivity index (χ0) is 15.6. The van der Waals surface area contributed by atoms with Gasteiger partial charge in [0.25, 0.3) is 0 Å². The number of hydrogen-bond acceptors (Lipinski definition) is 3. The van der Waals surface area contributed by atoms with Gasteiger partial charge < -0.3 is 9.30 Å². The van der Waals surface area contributed by atoms with Gasteiger partial charge in [-0.05, 0) is 37.8 Å². The first-order chi connectivity index (χ1) is 11.3. The van der Waals surface area contributed by atoms with Crippen LogP contribution in [0.1, 0.15) is 44.3 Å². The molecule has 4 rings (SSSR count). The number of benzene rings is 1. The van der Waals surface area contributed by atoms with Gasteiger partial charge in [-0.25, -0.2) is 4.98 Å². The van der Waals surface area contributed by atoms with Crippen LogP contribution in [0.15, 0.2) is 24.3 Å². The number of para-hydroxylation sites is 2. The molecule has 1 aliphatic carbocycles. The Labute approximate surface area is 138 Å². The molecule has 0 radical (unpaired) electrons. The van der Waals surface area contributed by atoms with Crippen molar-refractivity contribution in [2.75, 3.05) is 13.2 Å². The highest BCUT2D eigenvalue weighted by Gasteiger charge is 2.28. The fourth-order valence-corrected chi connectivity index (χ4v) is 4.18. The summed E-state index contributed by atoms with van der Waals surface area (Å²) in [6.07, 6.45) is 8.25. The van der Waals surface area contributed by atoms with E-state index in [0.717, 1.165) is 25.2 Å². The van der Waals surface area contributed by atoms with Gasteiger partial charge in [-0.15, -0.1) is 0 Å². The Hall–Kier alpha value is -1.39. The van der Waals surface area contributed by atoms with Crippen LogP contribution in [0, 0.1) is 0 Å². The van der Waals surface area contributed by atoms with Crippen LogP contribution in [0.2, 0.25) is 0 Å². The first kappa shape index (κ1) is 15.2. The number of aromatic nitrogens is 2. The summed E-state index contributed by atoms with van der Waals surface area (Å²) < 4.78 is 8.16. The van der Waals surface area contributed by atoms with Crippen molar-refractivity contribution in [3.63, 3.8) is 0 Å². The predicted octanol–water partition coefficient (Wildman–Crippen LogP) is 3.50. The molecule has 2 fully saturated rings. The minimum atomic E-state index is 0.422. The lowest BCUT2D eigenvalue weighted by atomic mass is 10.1. The molecule has 1 aromatic carbocycles. The minimum absolute atomic E-state index is 0.422. The molecule has 2 aromatic rings. The SMILES string of the molecule is Cn1c(CN(CC2CCCO2)C2CCCC2)nc2ccccc21. The molecule has 124 valence electrons. The molecule has 2 aliphatic rings. The molecule has 1 unspecified atom stereocenters. The number of ether oxygens (including phenoxy) is 1. The first-order valence-corrected chi connectivity index (χ1v) is 9.07. The van der Waals surface area contributed by atoms with Crippen LogP contribution in [0.3, 0.4) is 0 Å². The van der Waals surface area contributed by atoms with Crippen LogP contribution >= 0.6 is 0 Å². The van der Waals surface area contributed by atoms with Crippen molar-refractivity contribution in [3.05, 3.63) is 30.1 Å². The van der Waals surface area contributed by atoms with Crippen molar-refractivity contribution in [2.45, 2.75) is 57.2 Å². The molecule has 4 nitrogen and oxygen atoms in total. The van der Waals surface area contributed by atoms with Crippen molar-refractivity contribution in [1.82, 2.24) is 14.5 Å². The van der Waals surface area contributed by atoms with Gasteiger partial charge in [-0.3, -0.25) is 4.90 Å². The molecular formula is C19H27N3O. The molecule has 0 spiro atoms. The second kappa shape index (κ2) is 6.62. The van der Waals surface area contributed by atoms with E-state index in [1.165, 1.54) is 49.9 Å². The molecule has 1 aromatic heterocycles. The van der Waals surface area contributed by atoms with Crippen LogP contribution in [0.25, 0.3) is 11.0 Å². The number of fused-ring (bicyclic) bond motifs is 1. The van der Waals surface area contributed by atoms with E-state index in [1.807, 2.05) is 0 Å². The van der Waals surface area contributed by atoms with Gasteiger partial charge in [-0.2, -0.15) is 0 Å². The Bertz CT molecular complexity index is 654. The average molecular weight is 313 g/mol. The number of nitrogens with zero attached hydrogens (tertiary/aromatic N) is 3. The second-order valence-corrected chi connectivity index (χ2v) is 7.08. The molecule has 0 bridgehead atoms. The van der Waals surface area contributed by atoms with Gasteiger partial charge in [0.05, 0.1) is 23.7 Å². The quantitative estimate of drug-likeness (QED) is 0.846. The Kier molecular flexibility index (Phi) is 4.36. The number of hydrogen-bond donors (Lipinski definition) is 0. The maximum Gasteiger partial charge on any atom is 0.123 e. The van der Waals surface area contributed by atoms with E-state index in [0.29, 0.717) is 12.1 Å². The van der Waals surface area contributed by atoms with Crippen LogP contribution in [-0.4, -0.2) is 39.7 Å². The van der Waals surface area contributed by atoms with Gasteiger partial charge >= 0.3 is 0 Å². The van der Waals surface area contributed by atoms with E-state index in [4.69, 9.17) is 9.72 Å². The molecule has 4 heteroatoms. The lowest BCUT2D eigenvalue weighted by molar-refractivity contribution is 0.0527. The van der Waals surface area contributed by atoms with E-state index in [9.17, 15) is 0 Å². The normalized spacial score (nSPS) is 22.6. The zero-order valence-corrected chi connectivity index (χ0v) is 14.1. The number of imidazole rings is 1. The smallest absolute Gasteiger partial charge is 0.123 e. The first-order valence-electron chi connectivity index (χ1n) is 9.07. The zero-order valence-electron chi connectivity index (χ0n) is 14.1. The fourth-order valence-electron chi connectivity index (χ4n) is 4.18. The number of aryl methyl sites for hydroxylation is 1. The standard InChI is InChI=1S/C19H27N3O/c1-21-18-11-5-4-10-17(18)20-19(21)14-22(15-7-2-3-8-15)13-16-9-6-12-23-16/h4-5,10-11,15-16H,2-3,6-9,12-14H2,1H3. The summed E-state index contributed by atoms with van der Waals surface area (Å²) in [5.74, 6) is 1.18. The van der Waals surface area contributed by atoms with Crippen LogP contribution in [0.4, 0.5) is 0 Å². The van der Waals surface area contributed by atoms with Crippen molar-refractivity contribution < 1.29 is 4.74 Å². The summed E-state index contributed by atoms with van der Waals surface area (Å²) in [4.78, 5) is 7.52. The Morgan fingerprint density at radius 1 is 1.17 bits per heavy atom. The second-order valence-electron chi connectivity index (χ2n) is 7.08. The summed E-state index contributed by atoms with van der Waals surface area (Å²) >= 11 is 0. The lowest BCUT2D eigenvalue weighted by Crippen LogP contribution is -2.39. The molecule has 1 saturated heterocycles. The number of rotatable bonds is 5. The Balaban J connectivity index is 1.56. The van der Waals surface area contributed by atoms with Gasteiger partial charge in [0.2, 0.25) is 0 Å². The van der Waals surface area contributed by atoms with Crippen molar-refractivity contribution >= 4 is 11.0 Å². The van der Waals surface area contributed by atoms with E-state index >= 15 is 0 Å². The summed E-state index contributed by atoms with van der Waals surface area (Å²) in [6.45, 7) is 2.94. The molecule has 1 saturated carbocycles. The third kappa shape index (κ3) is 3.15. The third-order valence-electron chi connectivity index (χ3n) is 5.53. The highest BCUT2D eigenvalue weighted by Crippen LogP contribution is 2.27. The predicted molar refractivity (Wildman–Crippen MR) is 92.4 cm³/mol. The Morgan fingerprint density at radius 2 is 2.00 bits per heavy atom. The van der Waals surface area contributed by atoms with E-state index in [2.05, 4.69) is 40.8 Å². The average Bonchev–Trinajstić information content (AvgIpc) is 3.30. The molecule has 2 heterocycles. The fraction of sp³-hybridized carbons (Fsp3) is 0.632. The van der Waals surface area contributed by atoms with Crippen LogP contribution in [0.5, 0.6) is 0 Å². The largest absolute Gasteiger partial charge is 0.377 e. The van der Waals surface area contributed by atoms with Gasteiger partial charge in [0, 0.05) is 26.2 Å². The van der Waals surface area contributed by atoms with Crippen LogP contribution < -0.4 is 0 Å². The maximum absolute atomic E-state index is 5.90. The summed E-state index contributed by atoms with van der Waals surface area (Å²) in [5, 5.41) is 0. The highest BCUT2D eigenvalue weighted by molar-refractivity contribution is 5.75. The third-order valence-corrected chi connectivity index (χ3v) is 5.53. The van der Waals surface area contributed by atoms with Crippen molar-refractivity contribution in [3.8, 4) is 0 Å². The van der Waals surface area contributed by atoms with Crippen molar-refractivity contribution in [2.24, 2.45) is 7.05 Å². The molecule has 1 atom stereocenters. The van der Waals surface area contributed by atoms with Gasteiger partial charge in [-0.1, -0.05) is 25.0 Å². The maximum atomic E-state index is 5.90. The molecule has 0 amide bonds. The van der Waals surface area contributed by atoms with Crippen molar-refractivity contribution in [1.29, 1.82) is 0 Å². The van der Waals surface area contributed by atoms with E-state index < -0.39 is 0 Å². The molecule has 0 N–H and O–H groups in total. The minimum Gasteiger partial charge on any atom is -0.377 e. The summed E-state index contributed by atoms with van der Waals surface area (Å²) in [6, 6.07) is 9.14. The van der Waals surface area contributed by atoms with E-state index in [-0.39, 0.29) is 0 Å². The summed E-state index contributed by atoms with van der Waals surface area (Å²) in [5.41, 5.74) is 2.33. The Morgan fingerprint density at radius 3 is 2.74 bits per heavy atom. The van der Waals surface area contributed by atoms with Gasteiger partial charge in [0.1, 0.15) is 5.82 Å². The highest BCUT2D eigenvalue weighted by atomic mass is 16.5. The molecule has 1 aliphatic heterocycles. The van der Waals surface area contributed by atoms with E-state index in [1.54, 1.807) is 0 Å². The summed E-state index contributed by atoms with van der Waals surface area (Å²) in [7, 11) is 2.14. The molecule has 23 heavy (non-hydrogen) atoms. The topological polar surface area (TPSA) is 30.3 Å². The van der Waals surface area contributed by atoms with Crippen LogP contribution in [-0.2, 0) is 18.3 Å².